The van der Waals surface area contributed by atoms with Gasteiger partial charge >= 0.3 is 0 Å². The van der Waals surface area contributed by atoms with Crippen LogP contribution in [-0.4, -0.2) is 38.1 Å². The van der Waals surface area contributed by atoms with Crippen molar-refractivity contribution in [2.24, 2.45) is 0 Å². The van der Waals surface area contributed by atoms with E-state index < -0.39 is 0 Å². The Kier molecular flexibility index (Phi) is 6.24. The van der Waals surface area contributed by atoms with Gasteiger partial charge in [0.15, 0.2) is 0 Å². The summed E-state index contributed by atoms with van der Waals surface area (Å²) < 4.78 is 10.9. The van der Waals surface area contributed by atoms with Crippen molar-refractivity contribution in [3.8, 4) is 11.5 Å². The second-order valence-corrected chi connectivity index (χ2v) is 7.18. The molecule has 144 valence electrons. The minimum atomic E-state index is -0.0745. The summed E-state index contributed by atoms with van der Waals surface area (Å²) in [5, 5.41) is 3.47. The molecular formula is C21H25ClN2O3. The Balaban J connectivity index is 1.74. The smallest absolute Gasteiger partial charge is 0.238 e. The summed E-state index contributed by atoms with van der Waals surface area (Å²) in [7, 11) is 3.31. The maximum absolute atomic E-state index is 12.6. The molecule has 0 spiro atoms. The fraction of sp³-hybridized carbons (Fsp3) is 0.381. The highest BCUT2D eigenvalue weighted by Gasteiger charge is 2.30. The van der Waals surface area contributed by atoms with Gasteiger partial charge in [0.05, 0.1) is 31.5 Å². The SMILES string of the molecule is COc1ccc(OC)c([C@@H]2CCCN2CC(=O)Nc2ccc(C)cc2Cl)c1. The van der Waals surface area contributed by atoms with Gasteiger partial charge in [-0.3, -0.25) is 9.69 Å². The van der Waals surface area contributed by atoms with Crippen LogP contribution in [0, 0.1) is 6.92 Å². The van der Waals surface area contributed by atoms with E-state index in [1.165, 1.54) is 0 Å². The Bertz CT molecular complexity index is 825. The summed E-state index contributed by atoms with van der Waals surface area (Å²) in [6.07, 6.45) is 2.01. The van der Waals surface area contributed by atoms with Crippen LogP contribution >= 0.6 is 11.6 Å². The number of carbonyl (C=O) groups is 1. The highest BCUT2D eigenvalue weighted by molar-refractivity contribution is 6.33. The first-order valence-corrected chi connectivity index (χ1v) is 9.41. The molecule has 1 amide bonds. The number of amides is 1. The van der Waals surface area contributed by atoms with Crippen LogP contribution in [0.15, 0.2) is 36.4 Å². The fourth-order valence-electron chi connectivity index (χ4n) is 3.56. The van der Waals surface area contributed by atoms with Crippen LogP contribution in [-0.2, 0) is 4.79 Å². The second kappa shape index (κ2) is 8.63. The Hall–Kier alpha value is -2.24. The quantitative estimate of drug-likeness (QED) is 0.794. The summed E-state index contributed by atoms with van der Waals surface area (Å²) in [6.45, 7) is 3.13. The number of nitrogens with zero attached hydrogens (tertiary/aromatic N) is 1. The van der Waals surface area contributed by atoms with Gasteiger partial charge in [0.25, 0.3) is 0 Å². The van der Waals surface area contributed by atoms with Crippen molar-refractivity contribution < 1.29 is 14.3 Å². The van der Waals surface area contributed by atoms with Gasteiger partial charge in [-0.1, -0.05) is 17.7 Å². The normalized spacial score (nSPS) is 17.0. The first-order valence-electron chi connectivity index (χ1n) is 9.04. The van der Waals surface area contributed by atoms with Gasteiger partial charge in [-0.05, 0) is 62.2 Å². The number of likely N-dealkylation sites (tertiary alicyclic amines) is 1. The van der Waals surface area contributed by atoms with Gasteiger partial charge in [0.2, 0.25) is 5.91 Å². The van der Waals surface area contributed by atoms with Crippen molar-refractivity contribution >= 4 is 23.2 Å². The number of methoxy groups -OCH3 is 2. The van der Waals surface area contributed by atoms with E-state index in [1.54, 1.807) is 14.2 Å². The third-order valence-corrected chi connectivity index (χ3v) is 5.22. The Morgan fingerprint density at radius 2 is 2.04 bits per heavy atom. The molecule has 0 radical (unpaired) electrons. The van der Waals surface area contributed by atoms with Gasteiger partial charge in [-0.15, -0.1) is 0 Å². The largest absolute Gasteiger partial charge is 0.497 e. The van der Waals surface area contributed by atoms with E-state index >= 15 is 0 Å². The van der Waals surface area contributed by atoms with Crippen molar-refractivity contribution in [1.82, 2.24) is 4.90 Å². The van der Waals surface area contributed by atoms with Crippen LogP contribution in [0.2, 0.25) is 5.02 Å². The standard InChI is InChI=1S/C21H25ClN2O3/c1-14-6-8-18(17(22)11-14)23-21(25)13-24-10-4-5-19(24)16-12-15(26-2)7-9-20(16)27-3/h6-9,11-12,19H,4-5,10,13H2,1-3H3,(H,23,25)/t19-/m0/s1. The average molecular weight is 389 g/mol. The van der Waals surface area contributed by atoms with Crippen molar-refractivity contribution in [1.29, 1.82) is 0 Å². The minimum Gasteiger partial charge on any atom is -0.497 e. The average Bonchev–Trinajstić information content (AvgIpc) is 3.11. The van der Waals surface area contributed by atoms with E-state index in [-0.39, 0.29) is 11.9 Å². The van der Waals surface area contributed by atoms with Crippen LogP contribution in [0.4, 0.5) is 5.69 Å². The second-order valence-electron chi connectivity index (χ2n) is 6.77. The fourth-order valence-corrected chi connectivity index (χ4v) is 3.85. The number of hydrogen-bond donors (Lipinski definition) is 1. The lowest BCUT2D eigenvalue weighted by atomic mass is 10.0. The van der Waals surface area contributed by atoms with Gasteiger partial charge in [0, 0.05) is 11.6 Å². The molecule has 1 aliphatic heterocycles. The van der Waals surface area contributed by atoms with Crippen LogP contribution in [0.5, 0.6) is 11.5 Å². The molecule has 0 saturated carbocycles. The molecule has 1 atom stereocenters. The molecule has 1 N–H and O–H groups in total. The lowest BCUT2D eigenvalue weighted by Gasteiger charge is -2.26. The molecule has 1 fully saturated rings. The van der Waals surface area contributed by atoms with Gasteiger partial charge < -0.3 is 14.8 Å². The molecule has 2 aromatic rings. The molecule has 3 rings (SSSR count). The summed E-state index contributed by atoms with van der Waals surface area (Å²) >= 11 is 6.23. The topological polar surface area (TPSA) is 50.8 Å². The highest BCUT2D eigenvalue weighted by atomic mass is 35.5. The number of halogens is 1. The predicted molar refractivity (Wildman–Crippen MR) is 108 cm³/mol. The molecule has 5 nitrogen and oxygen atoms in total. The van der Waals surface area contributed by atoms with Crippen LogP contribution < -0.4 is 14.8 Å². The van der Waals surface area contributed by atoms with E-state index in [9.17, 15) is 4.79 Å². The van der Waals surface area contributed by atoms with Crippen LogP contribution in [0.25, 0.3) is 0 Å². The summed E-state index contributed by atoms with van der Waals surface area (Å²) in [4.78, 5) is 14.8. The Morgan fingerprint density at radius 1 is 1.22 bits per heavy atom. The maximum atomic E-state index is 12.6. The number of rotatable bonds is 6. The van der Waals surface area contributed by atoms with E-state index in [2.05, 4.69) is 10.2 Å². The Labute approximate surface area is 165 Å². The van der Waals surface area contributed by atoms with Gasteiger partial charge in [-0.25, -0.2) is 0 Å². The molecule has 1 aliphatic rings. The van der Waals surface area contributed by atoms with Gasteiger partial charge in [-0.2, -0.15) is 0 Å². The van der Waals surface area contributed by atoms with E-state index in [0.717, 1.165) is 42.0 Å². The number of aryl methyl sites for hydroxylation is 1. The van der Waals surface area contributed by atoms with E-state index in [1.807, 2.05) is 43.3 Å². The van der Waals surface area contributed by atoms with Crippen LogP contribution in [0.1, 0.15) is 30.0 Å². The molecule has 1 saturated heterocycles. The zero-order valence-corrected chi connectivity index (χ0v) is 16.7. The molecule has 2 aromatic carbocycles. The number of hydrogen-bond acceptors (Lipinski definition) is 4. The third-order valence-electron chi connectivity index (χ3n) is 4.90. The zero-order chi connectivity index (χ0) is 19.4. The number of nitrogens with one attached hydrogen (secondary N) is 1. The third kappa shape index (κ3) is 4.54. The van der Waals surface area contributed by atoms with Crippen molar-refractivity contribution in [2.75, 3.05) is 32.6 Å². The zero-order valence-electron chi connectivity index (χ0n) is 15.9. The number of anilines is 1. The summed E-state index contributed by atoms with van der Waals surface area (Å²) in [6, 6.07) is 11.5. The molecule has 0 aliphatic carbocycles. The molecule has 0 bridgehead atoms. The first-order chi connectivity index (χ1) is 13.0. The van der Waals surface area contributed by atoms with Gasteiger partial charge in [0.1, 0.15) is 11.5 Å². The lowest BCUT2D eigenvalue weighted by Crippen LogP contribution is -2.33. The molecule has 27 heavy (non-hydrogen) atoms. The molecular weight excluding hydrogens is 364 g/mol. The molecule has 6 heteroatoms. The Morgan fingerprint density at radius 3 is 2.74 bits per heavy atom. The number of benzene rings is 2. The van der Waals surface area contributed by atoms with Crippen molar-refractivity contribution in [3.05, 3.63) is 52.5 Å². The number of carbonyl (C=O) groups excluding carboxylic acids is 1. The summed E-state index contributed by atoms with van der Waals surface area (Å²) in [5.74, 6) is 1.53. The number of ether oxygens (including phenoxy) is 2. The minimum absolute atomic E-state index is 0.0745. The predicted octanol–water partition coefficient (Wildman–Crippen LogP) is 4.44. The van der Waals surface area contributed by atoms with Crippen LogP contribution in [0.3, 0.4) is 0 Å². The molecule has 1 heterocycles. The maximum Gasteiger partial charge on any atom is 0.238 e. The highest BCUT2D eigenvalue weighted by Crippen LogP contribution is 2.38. The van der Waals surface area contributed by atoms with Crippen molar-refractivity contribution in [3.63, 3.8) is 0 Å². The first kappa shape index (κ1) is 19.5. The molecule has 0 aromatic heterocycles. The summed E-state index contributed by atoms with van der Waals surface area (Å²) in [5.41, 5.74) is 2.75. The molecule has 0 unspecified atom stereocenters. The van der Waals surface area contributed by atoms with Crippen molar-refractivity contribution in [2.45, 2.75) is 25.8 Å². The monoisotopic (exact) mass is 388 g/mol. The van der Waals surface area contributed by atoms with E-state index in [0.29, 0.717) is 17.3 Å². The van der Waals surface area contributed by atoms with E-state index in [4.69, 9.17) is 21.1 Å². The lowest BCUT2D eigenvalue weighted by molar-refractivity contribution is -0.117.